The molecule has 1 aliphatic heterocycles. The lowest BCUT2D eigenvalue weighted by molar-refractivity contribution is 0.0152. The minimum atomic E-state index is -0.108. The van der Waals surface area contributed by atoms with Gasteiger partial charge in [0, 0.05) is 6.04 Å². The van der Waals surface area contributed by atoms with Gasteiger partial charge in [0.25, 0.3) is 0 Å². The summed E-state index contributed by atoms with van der Waals surface area (Å²) in [6.07, 6.45) is 3.23. The van der Waals surface area contributed by atoms with Gasteiger partial charge in [0.2, 0.25) is 0 Å². The molecule has 1 rings (SSSR count). The molecule has 1 fully saturated rings. The van der Waals surface area contributed by atoms with Crippen molar-refractivity contribution in [3.05, 3.63) is 0 Å². The summed E-state index contributed by atoms with van der Waals surface area (Å²) >= 11 is 0. The first kappa shape index (κ1) is 12.0. The zero-order valence-corrected chi connectivity index (χ0v) is 10.1. The molecule has 1 aliphatic rings. The average Bonchev–Trinajstić information content (AvgIpc) is 2.06. The van der Waals surface area contributed by atoms with Gasteiger partial charge in [-0.2, -0.15) is 0 Å². The van der Waals surface area contributed by atoms with Gasteiger partial charge in [-0.1, -0.05) is 20.8 Å². The number of piperidine rings is 1. The van der Waals surface area contributed by atoms with Crippen LogP contribution in [0, 0.1) is 5.41 Å². The Morgan fingerprint density at radius 3 is 2.57 bits per heavy atom. The Balaban J connectivity index is 2.36. The van der Waals surface area contributed by atoms with E-state index in [-0.39, 0.29) is 6.10 Å². The molecule has 0 spiro atoms. The van der Waals surface area contributed by atoms with Crippen LogP contribution < -0.4 is 0 Å². The molecule has 0 amide bonds. The van der Waals surface area contributed by atoms with Crippen LogP contribution in [0.25, 0.3) is 0 Å². The van der Waals surface area contributed by atoms with Crippen LogP contribution in [0.4, 0.5) is 0 Å². The largest absolute Gasteiger partial charge is 0.392 e. The van der Waals surface area contributed by atoms with E-state index in [1.54, 1.807) is 0 Å². The Labute approximate surface area is 88.3 Å². The Kier molecular flexibility index (Phi) is 3.96. The van der Waals surface area contributed by atoms with E-state index in [1.807, 2.05) is 0 Å². The van der Waals surface area contributed by atoms with E-state index in [9.17, 15) is 5.11 Å². The highest BCUT2D eigenvalue weighted by atomic mass is 16.3. The summed E-state index contributed by atoms with van der Waals surface area (Å²) in [5.74, 6) is 0. The third-order valence-electron chi connectivity index (χ3n) is 3.23. The smallest absolute Gasteiger partial charge is 0.0693 e. The molecule has 84 valence electrons. The van der Waals surface area contributed by atoms with Gasteiger partial charge in [0.05, 0.1) is 6.10 Å². The molecule has 0 bridgehead atoms. The Morgan fingerprint density at radius 1 is 1.36 bits per heavy atom. The van der Waals surface area contributed by atoms with Gasteiger partial charge >= 0.3 is 0 Å². The van der Waals surface area contributed by atoms with Gasteiger partial charge in [-0.25, -0.2) is 0 Å². The first-order chi connectivity index (χ1) is 6.40. The highest BCUT2D eigenvalue weighted by molar-refractivity contribution is 4.81. The molecule has 0 radical (unpaired) electrons. The number of nitrogens with zero attached hydrogens (tertiary/aromatic N) is 1. The van der Waals surface area contributed by atoms with Crippen molar-refractivity contribution in [1.29, 1.82) is 0 Å². The molecule has 14 heavy (non-hydrogen) atoms. The SMILES string of the molecule is CC1C(O)CCCN1CCC(C)(C)C. The second kappa shape index (κ2) is 4.63. The lowest BCUT2D eigenvalue weighted by Crippen LogP contribution is -2.47. The molecular formula is C12H25NO. The molecule has 2 unspecified atom stereocenters. The molecule has 2 heteroatoms. The number of hydrogen-bond donors (Lipinski definition) is 1. The van der Waals surface area contributed by atoms with Crippen LogP contribution in [0.3, 0.4) is 0 Å². The maximum absolute atomic E-state index is 9.74. The molecule has 1 N–H and O–H groups in total. The summed E-state index contributed by atoms with van der Waals surface area (Å²) in [5.41, 5.74) is 0.405. The zero-order chi connectivity index (χ0) is 10.8. The number of aliphatic hydroxyl groups excluding tert-OH is 1. The van der Waals surface area contributed by atoms with E-state index in [4.69, 9.17) is 0 Å². The molecule has 0 saturated carbocycles. The van der Waals surface area contributed by atoms with Crippen molar-refractivity contribution in [2.24, 2.45) is 5.41 Å². The van der Waals surface area contributed by atoms with E-state index in [1.165, 1.54) is 6.42 Å². The average molecular weight is 199 g/mol. The maximum Gasteiger partial charge on any atom is 0.0693 e. The van der Waals surface area contributed by atoms with Crippen LogP contribution in [0.5, 0.6) is 0 Å². The lowest BCUT2D eigenvalue weighted by Gasteiger charge is -2.38. The lowest BCUT2D eigenvalue weighted by atomic mass is 9.91. The van der Waals surface area contributed by atoms with Crippen molar-refractivity contribution in [2.45, 2.75) is 59.1 Å². The fraction of sp³-hybridized carbons (Fsp3) is 1.00. The van der Waals surface area contributed by atoms with Crippen molar-refractivity contribution in [1.82, 2.24) is 4.90 Å². The van der Waals surface area contributed by atoms with Crippen LogP contribution >= 0.6 is 0 Å². The predicted octanol–water partition coefficient (Wildman–Crippen LogP) is 2.27. The molecule has 0 aromatic heterocycles. The van der Waals surface area contributed by atoms with Crippen molar-refractivity contribution in [3.63, 3.8) is 0 Å². The Hall–Kier alpha value is -0.0800. The molecule has 1 heterocycles. The van der Waals surface area contributed by atoms with Crippen molar-refractivity contribution < 1.29 is 5.11 Å². The first-order valence-electron chi connectivity index (χ1n) is 5.82. The van der Waals surface area contributed by atoms with E-state index < -0.39 is 0 Å². The normalized spacial score (nSPS) is 30.6. The van der Waals surface area contributed by atoms with Gasteiger partial charge in [0.1, 0.15) is 0 Å². The molecule has 2 nitrogen and oxygen atoms in total. The fourth-order valence-corrected chi connectivity index (χ4v) is 1.99. The Bertz CT molecular complexity index is 174. The maximum atomic E-state index is 9.74. The Morgan fingerprint density at radius 2 is 2.00 bits per heavy atom. The van der Waals surface area contributed by atoms with E-state index in [0.29, 0.717) is 11.5 Å². The van der Waals surface area contributed by atoms with Gasteiger partial charge in [-0.15, -0.1) is 0 Å². The molecule has 0 aromatic rings. The summed E-state index contributed by atoms with van der Waals surface area (Å²) < 4.78 is 0. The van der Waals surface area contributed by atoms with Crippen LogP contribution in [-0.2, 0) is 0 Å². The summed E-state index contributed by atoms with van der Waals surface area (Å²) in [6.45, 7) is 11.3. The topological polar surface area (TPSA) is 23.5 Å². The minimum absolute atomic E-state index is 0.108. The van der Waals surface area contributed by atoms with Crippen LogP contribution in [-0.4, -0.2) is 35.2 Å². The second-order valence-corrected chi connectivity index (χ2v) is 5.80. The molecule has 0 aromatic carbocycles. The van der Waals surface area contributed by atoms with Gasteiger partial charge in [-0.05, 0) is 44.7 Å². The van der Waals surface area contributed by atoms with Gasteiger partial charge in [-0.3, -0.25) is 4.90 Å². The first-order valence-corrected chi connectivity index (χ1v) is 5.82. The van der Waals surface area contributed by atoms with Gasteiger partial charge < -0.3 is 5.11 Å². The van der Waals surface area contributed by atoms with E-state index in [2.05, 4.69) is 32.6 Å². The molecule has 2 atom stereocenters. The second-order valence-electron chi connectivity index (χ2n) is 5.80. The quantitative estimate of drug-likeness (QED) is 0.737. The van der Waals surface area contributed by atoms with E-state index in [0.717, 1.165) is 25.9 Å². The standard InChI is InChI=1S/C12H25NO/c1-10-11(14)6-5-8-13(10)9-7-12(2,3)4/h10-11,14H,5-9H2,1-4H3. The summed E-state index contributed by atoms with van der Waals surface area (Å²) in [7, 11) is 0. The number of aliphatic hydroxyl groups is 1. The van der Waals surface area contributed by atoms with Crippen molar-refractivity contribution in [2.75, 3.05) is 13.1 Å². The summed E-state index contributed by atoms with van der Waals surface area (Å²) in [6, 6.07) is 0.353. The van der Waals surface area contributed by atoms with Gasteiger partial charge in [0.15, 0.2) is 0 Å². The van der Waals surface area contributed by atoms with Crippen LogP contribution in [0.2, 0.25) is 0 Å². The van der Waals surface area contributed by atoms with E-state index >= 15 is 0 Å². The molecule has 1 saturated heterocycles. The minimum Gasteiger partial charge on any atom is -0.392 e. The van der Waals surface area contributed by atoms with Crippen LogP contribution in [0.15, 0.2) is 0 Å². The number of rotatable bonds is 2. The molecular weight excluding hydrogens is 174 g/mol. The monoisotopic (exact) mass is 199 g/mol. The number of hydrogen-bond acceptors (Lipinski definition) is 2. The summed E-state index contributed by atoms with van der Waals surface area (Å²) in [4.78, 5) is 2.43. The zero-order valence-electron chi connectivity index (χ0n) is 10.1. The number of likely N-dealkylation sites (tertiary alicyclic amines) is 1. The third kappa shape index (κ3) is 3.58. The predicted molar refractivity (Wildman–Crippen MR) is 60.3 cm³/mol. The van der Waals surface area contributed by atoms with Crippen molar-refractivity contribution >= 4 is 0 Å². The van der Waals surface area contributed by atoms with Crippen LogP contribution in [0.1, 0.15) is 47.0 Å². The summed E-state index contributed by atoms with van der Waals surface area (Å²) in [5, 5.41) is 9.74. The fourth-order valence-electron chi connectivity index (χ4n) is 1.99. The third-order valence-corrected chi connectivity index (χ3v) is 3.23. The van der Waals surface area contributed by atoms with Crippen molar-refractivity contribution in [3.8, 4) is 0 Å². The highest BCUT2D eigenvalue weighted by Gasteiger charge is 2.26. The highest BCUT2D eigenvalue weighted by Crippen LogP contribution is 2.23. The molecule has 0 aliphatic carbocycles.